The largest absolute Gasteiger partial charge is 0.265 e. The molecular formula is C24H43N7. The van der Waals surface area contributed by atoms with E-state index in [4.69, 9.17) is 0 Å². The molecule has 2 aromatic rings. The number of rotatable bonds is 20. The summed E-state index contributed by atoms with van der Waals surface area (Å²) in [7, 11) is 0. The molecule has 0 aliphatic heterocycles. The van der Waals surface area contributed by atoms with Crippen LogP contribution in [0.5, 0.6) is 0 Å². The maximum absolute atomic E-state index is 4.08. The first-order valence-corrected chi connectivity index (χ1v) is 12.4. The number of unbranched alkanes of at least 4 members (excludes halogenated alkanes) is 12. The first-order valence-electron chi connectivity index (χ1n) is 12.4. The van der Waals surface area contributed by atoms with Gasteiger partial charge in [-0.3, -0.25) is 4.90 Å². The molecule has 0 unspecified atom stereocenters. The van der Waals surface area contributed by atoms with Crippen molar-refractivity contribution in [2.45, 2.75) is 110 Å². The van der Waals surface area contributed by atoms with E-state index in [0.717, 1.165) is 19.9 Å². The molecule has 0 amide bonds. The smallest absolute Gasteiger partial charge is 0.0961 e. The Hall–Kier alpha value is -2.02. The fourth-order valence-electron chi connectivity index (χ4n) is 3.80. The van der Waals surface area contributed by atoms with Crippen LogP contribution in [0, 0.1) is 0 Å². The Kier molecular flexibility index (Phi) is 14.4. The minimum absolute atomic E-state index is 0.727. The maximum Gasteiger partial charge on any atom is 0.0961 e. The Balaban J connectivity index is 1.44. The molecule has 0 atom stereocenters. The number of allylic oxidation sites excluding steroid dienone is 2. The Labute approximate surface area is 188 Å². The lowest BCUT2D eigenvalue weighted by molar-refractivity contribution is 0.147. The maximum atomic E-state index is 4.08. The zero-order chi connectivity index (χ0) is 21.8. The SMILES string of the molecule is CCCCCCCC/C=C\CCCCCCCCN(Cn1ccnn1)Cn1ccnn1. The van der Waals surface area contributed by atoms with Crippen molar-refractivity contribution in [2.24, 2.45) is 0 Å². The first-order chi connectivity index (χ1) is 15.4. The van der Waals surface area contributed by atoms with Gasteiger partial charge in [0.05, 0.1) is 25.7 Å². The van der Waals surface area contributed by atoms with Crippen LogP contribution in [-0.2, 0) is 13.3 Å². The third kappa shape index (κ3) is 13.1. The number of hydrogen-bond acceptors (Lipinski definition) is 5. The van der Waals surface area contributed by atoms with Crippen LogP contribution >= 0.6 is 0 Å². The zero-order valence-corrected chi connectivity index (χ0v) is 19.6. The van der Waals surface area contributed by atoms with Crippen LogP contribution in [0.3, 0.4) is 0 Å². The highest BCUT2D eigenvalue weighted by Crippen LogP contribution is 2.10. The fraction of sp³-hybridized carbons (Fsp3) is 0.750. The van der Waals surface area contributed by atoms with Crippen LogP contribution in [0.25, 0.3) is 0 Å². The third-order valence-corrected chi connectivity index (χ3v) is 5.62. The van der Waals surface area contributed by atoms with Gasteiger partial charge < -0.3 is 0 Å². The minimum Gasteiger partial charge on any atom is -0.265 e. The Bertz CT molecular complexity index is 601. The van der Waals surface area contributed by atoms with Gasteiger partial charge in [-0.15, -0.1) is 10.2 Å². The topological polar surface area (TPSA) is 64.7 Å². The molecule has 2 aromatic heterocycles. The Morgan fingerprint density at radius 1 is 0.645 bits per heavy atom. The predicted octanol–water partition coefficient (Wildman–Crippen LogP) is 5.82. The lowest BCUT2D eigenvalue weighted by atomic mass is 10.1. The second kappa shape index (κ2) is 17.6. The highest BCUT2D eigenvalue weighted by molar-refractivity contribution is 4.81. The van der Waals surface area contributed by atoms with Gasteiger partial charge in [0, 0.05) is 18.9 Å². The lowest BCUT2D eigenvalue weighted by Crippen LogP contribution is -2.30. The molecule has 0 radical (unpaired) electrons. The van der Waals surface area contributed by atoms with Crippen molar-refractivity contribution in [2.75, 3.05) is 6.54 Å². The van der Waals surface area contributed by atoms with Crippen LogP contribution in [0.1, 0.15) is 96.8 Å². The molecule has 7 heteroatoms. The summed E-state index contributed by atoms with van der Waals surface area (Å²) in [5.74, 6) is 0. The number of hydrogen-bond donors (Lipinski definition) is 0. The normalized spacial score (nSPS) is 11.8. The molecule has 0 aliphatic carbocycles. The van der Waals surface area contributed by atoms with Gasteiger partial charge >= 0.3 is 0 Å². The summed E-state index contributed by atoms with van der Waals surface area (Å²) in [6, 6.07) is 0. The van der Waals surface area contributed by atoms with Gasteiger partial charge in [-0.2, -0.15) is 0 Å². The van der Waals surface area contributed by atoms with Crippen LogP contribution < -0.4 is 0 Å². The Morgan fingerprint density at radius 2 is 1.13 bits per heavy atom. The van der Waals surface area contributed by atoms with E-state index in [1.54, 1.807) is 12.4 Å². The highest BCUT2D eigenvalue weighted by Gasteiger charge is 2.07. The zero-order valence-electron chi connectivity index (χ0n) is 19.6. The number of nitrogens with zero attached hydrogens (tertiary/aromatic N) is 7. The molecule has 0 aromatic carbocycles. The van der Waals surface area contributed by atoms with E-state index < -0.39 is 0 Å². The van der Waals surface area contributed by atoms with Crippen molar-refractivity contribution < 1.29 is 0 Å². The van der Waals surface area contributed by atoms with Gasteiger partial charge in [0.25, 0.3) is 0 Å². The van der Waals surface area contributed by atoms with Gasteiger partial charge in [0.2, 0.25) is 0 Å². The van der Waals surface area contributed by atoms with Crippen molar-refractivity contribution in [1.82, 2.24) is 34.9 Å². The predicted molar refractivity (Wildman–Crippen MR) is 126 cm³/mol. The lowest BCUT2D eigenvalue weighted by Gasteiger charge is -2.21. The molecule has 0 N–H and O–H groups in total. The van der Waals surface area contributed by atoms with Gasteiger partial charge in [-0.05, 0) is 32.1 Å². The molecule has 0 saturated heterocycles. The molecule has 174 valence electrons. The van der Waals surface area contributed by atoms with Crippen LogP contribution in [0.4, 0.5) is 0 Å². The molecule has 0 fully saturated rings. The van der Waals surface area contributed by atoms with Crippen LogP contribution in [-0.4, -0.2) is 41.4 Å². The summed E-state index contributed by atoms with van der Waals surface area (Å²) in [4.78, 5) is 2.33. The standard InChI is InChI=1S/C24H43N7/c1-2-3-4-5-6-7-8-9-10-11-12-13-14-15-16-17-20-29(23-30-21-18-25-27-30)24-31-22-19-26-28-31/h9-10,18-19,21-22H,2-8,11-17,20,23-24H2,1H3/b10-9-. The molecule has 0 aliphatic rings. The van der Waals surface area contributed by atoms with Crippen molar-refractivity contribution >= 4 is 0 Å². The molecular weight excluding hydrogens is 386 g/mol. The highest BCUT2D eigenvalue weighted by atomic mass is 15.5. The van der Waals surface area contributed by atoms with Gasteiger partial charge in [0.1, 0.15) is 0 Å². The second-order valence-electron chi connectivity index (χ2n) is 8.50. The van der Waals surface area contributed by atoms with E-state index in [1.807, 2.05) is 21.8 Å². The third-order valence-electron chi connectivity index (χ3n) is 5.62. The Morgan fingerprint density at radius 3 is 1.61 bits per heavy atom. The fourth-order valence-corrected chi connectivity index (χ4v) is 3.80. The summed E-state index contributed by atoms with van der Waals surface area (Å²) < 4.78 is 3.72. The van der Waals surface area contributed by atoms with Crippen molar-refractivity contribution in [3.8, 4) is 0 Å². The molecule has 7 nitrogen and oxygen atoms in total. The van der Waals surface area contributed by atoms with E-state index in [1.165, 1.54) is 89.9 Å². The summed E-state index contributed by atoms with van der Waals surface area (Å²) in [5, 5.41) is 16.0. The van der Waals surface area contributed by atoms with E-state index in [2.05, 4.69) is 44.6 Å². The van der Waals surface area contributed by atoms with E-state index in [0.29, 0.717) is 0 Å². The average molecular weight is 430 g/mol. The van der Waals surface area contributed by atoms with E-state index in [-0.39, 0.29) is 0 Å². The first kappa shape index (κ1) is 25.2. The van der Waals surface area contributed by atoms with E-state index >= 15 is 0 Å². The minimum atomic E-state index is 0.727. The van der Waals surface area contributed by atoms with Crippen molar-refractivity contribution in [3.63, 3.8) is 0 Å². The van der Waals surface area contributed by atoms with Gasteiger partial charge in [-0.25, -0.2) is 9.36 Å². The monoisotopic (exact) mass is 429 g/mol. The van der Waals surface area contributed by atoms with E-state index in [9.17, 15) is 0 Å². The van der Waals surface area contributed by atoms with Gasteiger partial charge in [-0.1, -0.05) is 87.3 Å². The molecule has 0 spiro atoms. The van der Waals surface area contributed by atoms with Crippen molar-refractivity contribution in [3.05, 3.63) is 36.9 Å². The van der Waals surface area contributed by atoms with Crippen molar-refractivity contribution in [1.29, 1.82) is 0 Å². The molecule has 31 heavy (non-hydrogen) atoms. The molecule has 2 heterocycles. The summed E-state index contributed by atoms with van der Waals surface area (Å²) >= 11 is 0. The summed E-state index contributed by atoms with van der Waals surface area (Å²) in [5.41, 5.74) is 0. The summed E-state index contributed by atoms with van der Waals surface area (Å²) in [6.07, 6.45) is 30.7. The molecule has 0 bridgehead atoms. The van der Waals surface area contributed by atoms with Crippen LogP contribution in [0.2, 0.25) is 0 Å². The quantitative estimate of drug-likeness (QED) is 0.196. The number of aromatic nitrogens is 6. The summed E-state index contributed by atoms with van der Waals surface area (Å²) in [6.45, 7) is 4.76. The van der Waals surface area contributed by atoms with Gasteiger partial charge in [0.15, 0.2) is 0 Å². The molecule has 0 saturated carbocycles. The molecule has 2 rings (SSSR count). The average Bonchev–Trinajstić information content (AvgIpc) is 3.48. The second-order valence-corrected chi connectivity index (χ2v) is 8.50. The van der Waals surface area contributed by atoms with Crippen LogP contribution in [0.15, 0.2) is 36.9 Å².